The second-order valence-electron chi connectivity index (χ2n) is 4.02. The van der Waals surface area contributed by atoms with Gasteiger partial charge in [0.2, 0.25) is 0 Å². The zero-order valence-corrected chi connectivity index (χ0v) is 11.2. The Hall–Kier alpha value is -1.30. The third-order valence-corrected chi connectivity index (χ3v) is 2.77. The van der Waals surface area contributed by atoms with Gasteiger partial charge in [-0.2, -0.15) is 0 Å². The van der Waals surface area contributed by atoms with E-state index < -0.39 is 0 Å². The van der Waals surface area contributed by atoms with Gasteiger partial charge in [-0.25, -0.2) is 0 Å². The molecule has 94 valence electrons. The third-order valence-electron chi connectivity index (χ3n) is 2.77. The Kier molecular flexibility index (Phi) is 5.21. The molecule has 0 fully saturated rings. The zero-order chi connectivity index (χ0) is 11.4. The van der Waals surface area contributed by atoms with Crippen molar-refractivity contribution in [3.05, 3.63) is 71.8 Å². The number of fused-ring (bicyclic) bond motifs is 1. The van der Waals surface area contributed by atoms with Gasteiger partial charge in [0.05, 0.1) is 0 Å². The van der Waals surface area contributed by atoms with Gasteiger partial charge in [-0.15, -0.1) is 46.8 Å². The van der Waals surface area contributed by atoms with Crippen LogP contribution in [0.5, 0.6) is 0 Å². The molecule has 0 N–H and O–H groups in total. The van der Waals surface area contributed by atoms with Crippen molar-refractivity contribution in [1.82, 2.24) is 0 Å². The van der Waals surface area contributed by atoms with Crippen LogP contribution in [0, 0.1) is 13.8 Å². The summed E-state index contributed by atoms with van der Waals surface area (Å²) in [6, 6.07) is 20.8. The molecule has 0 aliphatic rings. The van der Waals surface area contributed by atoms with Crippen molar-refractivity contribution >= 4 is 10.8 Å². The van der Waals surface area contributed by atoms with Crippen LogP contribution in [-0.4, -0.2) is 0 Å². The Morgan fingerprint density at radius 3 is 2.06 bits per heavy atom. The van der Waals surface area contributed by atoms with E-state index in [4.69, 9.17) is 0 Å². The van der Waals surface area contributed by atoms with E-state index in [0.717, 1.165) is 0 Å². The molecule has 0 spiro atoms. The van der Waals surface area contributed by atoms with Crippen molar-refractivity contribution in [2.24, 2.45) is 0 Å². The molecular formula is C16H16Fe-6. The fraction of sp³-hybridized carbons (Fsp3) is 0.125. The summed E-state index contributed by atoms with van der Waals surface area (Å²) in [6.07, 6.45) is 0. The predicted molar refractivity (Wildman–Crippen MR) is 71.1 cm³/mol. The molecule has 0 aliphatic heterocycles. The molecule has 3 rings (SSSR count). The van der Waals surface area contributed by atoms with Crippen LogP contribution in [0.3, 0.4) is 0 Å². The van der Waals surface area contributed by atoms with Gasteiger partial charge in [0, 0.05) is 17.1 Å². The summed E-state index contributed by atoms with van der Waals surface area (Å²) >= 11 is 0. The monoisotopic (exact) mass is 264 g/mol. The molecule has 3 aromatic carbocycles. The molecule has 0 saturated heterocycles. The first kappa shape index (κ1) is 13.8. The average Bonchev–Trinajstić information content (AvgIpc) is 2.94. The summed E-state index contributed by atoms with van der Waals surface area (Å²) in [4.78, 5) is 0. The van der Waals surface area contributed by atoms with E-state index in [1.54, 1.807) is 0 Å². The van der Waals surface area contributed by atoms with Crippen molar-refractivity contribution < 1.29 is 17.1 Å². The summed E-state index contributed by atoms with van der Waals surface area (Å²) in [5.41, 5.74) is 2.77. The maximum atomic E-state index is 2.24. The van der Waals surface area contributed by atoms with E-state index in [0.29, 0.717) is 0 Å². The first-order chi connectivity index (χ1) is 7.79. The minimum atomic E-state index is 0. The summed E-state index contributed by atoms with van der Waals surface area (Å²) in [7, 11) is 0. The number of aryl methyl sites for hydroxylation is 2. The van der Waals surface area contributed by atoms with Crippen molar-refractivity contribution in [3.8, 4) is 0 Å². The molecule has 0 nitrogen and oxygen atoms in total. The summed E-state index contributed by atoms with van der Waals surface area (Å²) < 4.78 is 0. The van der Waals surface area contributed by atoms with Crippen LogP contribution in [0.15, 0.2) is 60.7 Å². The zero-order valence-electron chi connectivity index (χ0n) is 10.1. The third kappa shape index (κ3) is 3.33. The van der Waals surface area contributed by atoms with Crippen LogP contribution in [0.4, 0.5) is 0 Å². The van der Waals surface area contributed by atoms with Gasteiger partial charge in [0.25, 0.3) is 0 Å². The van der Waals surface area contributed by atoms with Crippen molar-refractivity contribution in [2.75, 3.05) is 0 Å². The summed E-state index contributed by atoms with van der Waals surface area (Å²) in [5, 5.41) is 2.79. The quantitative estimate of drug-likeness (QED) is 0.412. The maximum Gasteiger partial charge on any atom is 0 e. The van der Waals surface area contributed by atoms with Crippen LogP contribution >= 0.6 is 0 Å². The second-order valence-corrected chi connectivity index (χ2v) is 4.02. The summed E-state index contributed by atoms with van der Waals surface area (Å²) in [5.74, 6) is 0. The van der Waals surface area contributed by atoms with Gasteiger partial charge in [-0.3, -0.25) is 0 Å². The molecule has 0 heterocycles. The summed E-state index contributed by atoms with van der Waals surface area (Å²) in [6.45, 7) is 4.32. The van der Waals surface area contributed by atoms with Crippen LogP contribution in [0.2, 0.25) is 0 Å². The minimum Gasteiger partial charge on any atom is -0.748 e. The molecule has 0 amide bonds. The van der Waals surface area contributed by atoms with Gasteiger partial charge < -0.3 is 30.3 Å². The van der Waals surface area contributed by atoms with Crippen LogP contribution in [-0.2, 0) is 17.1 Å². The molecule has 0 radical (unpaired) electrons. The van der Waals surface area contributed by atoms with E-state index in [1.807, 2.05) is 30.3 Å². The first-order valence-corrected chi connectivity index (χ1v) is 5.57. The molecule has 0 saturated carbocycles. The van der Waals surface area contributed by atoms with E-state index >= 15 is 0 Å². The Morgan fingerprint density at radius 2 is 1.53 bits per heavy atom. The topological polar surface area (TPSA) is 0 Å². The predicted octanol–water partition coefficient (Wildman–Crippen LogP) is 4.58. The van der Waals surface area contributed by atoms with Crippen LogP contribution < -0.4 is 0 Å². The maximum absolute atomic E-state index is 2.24. The molecule has 0 aliphatic carbocycles. The van der Waals surface area contributed by atoms with Gasteiger partial charge >= 0.3 is 0 Å². The van der Waals surface area contributed by atoms with Crippen LogP contribution in [0.25, 0.3) is 10.8 Å². The first-order valence-electron chi connectivity index (χ1n) is 5.57. The number of rotatable bonds is 0. The van der Waals surface area contributed by atoms with Gasteiger partial charge in [-0.1, -0.05) is 19.2 Å². The Labute approximate surface area is 113 Å². The normalized spacial score (nSPS) is 9.29. The molecule has 0 unspecified atom stereocenters. The number of hydrogen-bond acceptors (Lipinski definition) is 0. The van der Waals surface area contributed by atoms with E-state index in [2.05, 4.69) is 44.2 Å². The van der Waals surface area contributed by atoms with Gasteiger partial charge in [0.1, 0.15) is 0 Å². The molecular weight excluding hydrogens is 248 g/mol. The van der Waals surface area contributed by atoms with Crippen molar-refractivity contribution in [2.45, 2.75) is 13.8 Å². The Balaban J connectivity index is 0.000000205. The van der Waals surface area contributed by atoms with E-state index in [1.165, 1.54) is 21.9 Å². The van der Waals surface area contributed by atoms with E-state index in [9.17, 15) is 0 Å². The molecule has 0 aromatic heterocycles. The smallest absolute Gasteiger partial charge is 0 e. The molecule has 0 atom stereocenters. The largest absolute Gasteiger partial charge is 0.748 e. The van der Waals surface area contributed by atoms with Crippen LogP contribution in [0.1, 0.15) is 11.1 Å². The average molecular weight is 264 g/mol. The van der Waals surface area contributed by atoms with E-state index in [-0.39, 0.29) is 17.1 Å². The second kappa shape index (κ2) is 6.44. The van der Waals surface area contributed by atoms with Crippen molar-refractivity contribution in [1.29, 1.82) is 0 Å². The minimum absolute atomic E-state index is 0. The SMILES string of the molecule is Cc1cc(C)[c-]2ccccc12.[Fe].[cH-]1[cH-][cH-][cH-][cH-]1. The van der Waals surface area contributed by atoms with Crippen molar-refractivity contribution in [3.63, 3.8) is 0 Å². The standard InChI is InChI=1S/C11H11.C5H5.Fe/c1-8-7-9(2)11-6-4-3-5-10(8)11;1-2-4-5-3-1;/h3-7H,1-2H3;1-5H;/q-1;-5;. The Morgan fingerprint density at radius 1 is 0.941 bits per heavy atom. The fourth-order valence-electron chi connectivity index (χ4n) is 1.97. The molecule has 0 bridgehead atoms. The molecule has 3 aromatic rings. The molecule has 1 heteroatoms. The van der Waals surface area contributed by atoms with Gasteiger partial charge in [0.15, 0.2) is 0 Å². The van der Waals surface area contributed by atoms with Gasteiger partial charge in [-0.05, 0) is 0 Å². The molecule has 17 heavy (non-hydrogen) atoms. The fourth-order valence-corrected chi connectivity index (χ4v) is 1.97. The Bertz CT molecular complexity index is 491. The number of benzene rings is 1. The number of hydrogen-bond donors (Lipinski definition) is 0.